The monoisotopic (exact) mass is 1010 g/mol. The standard InChI is InChI=1S/C61H104NO8P/c1-3-5-7-9-11-13-15-17-19-21-22-23-24-25-26-27-28-29-30-31-32-33-34-35-36-38-40-42-44-46-48-50-52-54-61(64)70-59(58-69-71(65,66)68-56-55-62)57-67-60(63)53-51-49-47-45-43-41-39-37-20-18-16-14-12-10-8-6-4-2/h5-8,11-14,17-20,22-23,25-26,39,41,59H,3-4,9-10,15-16,21,24,27-38,40,42-58,62H2,1-2H3,(H,65,66)/b7-5-,8-6-,13-11-,14-12-,19-17-,20-18-,23-22-,26-25-,41-39-. The van der Waals surface area contributed by atoms with E-state index in [-0.39, 0.29) is 32.6 Å². The quantitative estimate of drug-likeness (QED) is 0.0264. The zero-order valence-corrected chi connectivity index (χ0v) is 46.1. The number of unbranched alkanes of at least 4 members (excludes halogenated alkanes) is 21. The highest BCUT2D eigenvalue weighted by molar-refractivity contribution is 7.47. The van der Waals surface area contributed by atoms with E-state index in [1.54, 1.807) is 0 Å². The lowest BCUT2D eigenvalue weighted by molar-refractivity contribution is -0.161. The van der Waals surface area contributed by atoms with Gasteiger partial charge in [-0.3, -0.25) is 18.6 Å². The van der Waals surface area contributed by atoms with Gasteiger partial charge in [0.05, 0.1) is 13.2 Å². The maximum Gasteiger partial charge on any atom is 0.472 e. The van der Waals surface area contributed by atoms with Crippen molar-refractivity contribution < 1.29 is 37.6 Å². The largest absolute Gasteiger partial charge is 0.472 e. The van der Waals surface area contributed by atoms with Crippen molar-refractivity contribution in [2.45, 2.75) is 238 Å². The van der Waals surface area contributed by atoms with Crippen molar-refractivity contribution in [2.75, 3.05) is 26.4 Å². The van der Waals surface area contributed by atoms with Gasteiger partial charge in [0, 0.05) is 19.4 Å². The summed E-state index contributed by atoms with van der Waals surface area (Å²) in [4.78, 5) is 35.1. The lowest BCUT2D eigenvalue weighted by atomic mass is 10.0. The number of hydrogen-bond acceptors (Lipinski definition) is 8. The van der Waals surface area contributed by atoms with Gasteiger partial charge in [-0.05, 0) is 96.3 Å². The topological polar surface area (TPSA) is 134 Å². The van der Waals surface area contributed by atoms with E-state index in [0.717, 1.165) is 103 Å². The Morgan fingerprint density at radius 2 is 0.732 bits per heavy atom. The number of hydrogen-bond donors (Lipinski definition) is 2. The number of allylic oxidation sites excluding steroid dienone is 18. The van der Waals surface area contributed by atoms with Gasteiger partial charge in [0.25, 0.3) is 0 Å². The second-order valence-corrected chi connectivity index (χ2v) is 19.8. The first-order valence-electron chi connectivity index (χ1n) is 28.4. The highest BCUT2D eigenvalue weighted by Crippen LogP contribution is 2.43. The van der Waals surface area contributed by atoms with Gasteiger partial charge in [-0.25, -0.2) is 4.57 Å². The fourth-order valence-electron chi connectivity index (χ4n) is 7.54. The molecule has 9 nitrogen and oxygen atoms in total. The van der Waals surface area contributed by atoms with Gasteiger partial charge in [-0.2, -0.15) is 0 Å². The Hall–Kier alpha value is -3.33. The molecule has 0 saturated carbocycles. The van der Waals surface area contributed by atoms with Gasteiger partial charge in [0.1, 0.15) is 6.61 Å². The minimum atomic E-state index is -4.40. The van der Waals surface area contributed by atoms with Crippen molar-refractivity contribution in [1.82, 2.24) is 0 Å². The molecule has 10 heteroatoms. The summed E-state index contributed by atoms with van der Waals surface area (Å²) >= 11 is 0. The number of phosphoric ester groups is 1. The molecule has 2 unspecified atom stereocenters. The molecule has 0 radical (unpaired) electrons. The maximum absolute atomic E-state index is 12.7. The summed E-state index contributed by atoms with van der Waals surface area (Å²) in [5.41, 5.74) is 5.37. The van der Waals surface area contributed by atoms with E-state index >= 15 is 0 Å². The molecule has 0 aromatic rings. The summed E-state index contributed by atoms with van der Waals surface area (Å²) in [6.45, 7) is 3.49. The molecular formula is C61H104NO8P. The summed E-state index contributed by atoms with van der Waals surface area (Å²) in [5, 5.41) is 0. The van der Waals surface area contributed by atoms with Crippen LogP contribution in [0.2, 0.25) is 0 Å². The molecule has 0 saturated heterocycles. The maximum atomic E-state index is 12.7. The SMILES string of the molecule is CC/C=C\C/C=C\C/C=C\C/C=C\C/C=C\CCCCCCCCCCCCCCCCCCCC(=O)OC(COC(=O)CCCCCC/C=C\C/C=C\C/C=C\C/C=C\CC)COP(=O)(O)OCCN. The molecule has 0 rings (SSSR count). The number of carbonyl (C=O) groups excluding carboxylic acids is 2. The molecule has 0 spiro atoms. The van der Waals surface area contributed by atoms with E-state index in [9.17, 15) is 19.0 Å². The minimum absolute atomic E-state index is 0.0456. The number of phosphoric acid groups is 1. The van der Waals surface area contributed by atoms with E-state index < -0.39 is 32.5 Å². The third kappa shape index (κ3) is 55.8. The first-order valence-corrected chi connectivity index (χ1v) is 29.9. The van der Waals surface area contributed by atoms with Gasteiger partial charge in [0.15, 0.2) is 6.10 Å². The normalized spacial score (nSPS) is 13.9. The average molecular weight is 1010 g/mol. The second kappa shape index (κ2) is 56.0. The first kappa shape index (κ1) is 67.7. The number of carbonyl (C=O) groups is 2. The lowest BCUT2D eigenvalue weighted by Gasteiger charge is -2.19. The molecular weight excluding hydrogens is 906 g/mol. The third-order valence-corrected chi connectivity index (χ3v) is 12.6. The van der Waals surface area contributed by atoms with Crippen LogP contribution in [0.15, 0.2) is 109 Å². The van der Waals surface area contributed by atoms with Gasteiger partial charge in [-0.15, -0.1) is 0 Å². The van der Waals surface area contributed by atoms with Crippen molar-refractivity contribution in [1.29, 1.82) is 0 Å². The van der Waals surface area contributed by atoms with Crippen molar-refractivity contribution >= 4 is 19.8 Å². The molecule has 71 heavy (non-hydrogen) atoms. The smallest absolute Gasteiger partial charge is 0.462 e. The molecule has 3 N–H and O–H groups in total. The number of rotatable bonds is 52. The fraction of sp³-hybridized carbons (Fsp3) is 0.672. The van der Waals surface area contributed by atoms with Crippen molar-refractivity contribution in [3.63, 3.8) is 0 Å². The van der Waals surface area contributed by atoms with E-state index in [1.807, 2.05) is 0 Å². The Morgan fingerprint density at radius 1 is 0.423 bits per heavy atom. The Balaban J connectivity index is 3.95. The van der Waals surface area contributed by atoms with E-state index in [0.29, 0.717) is 12.8 Å². The van der Waals surface area contributed by atoms with Gasteiger partial charge in [0.2, 0.25) is 0 Å². The fourth-order valence-corrected chi connectivity index (χ4v) is 8.30. The molecule has 0 heterocycles. The van der Waals surface area contributed by atoms with Crippen LogP contribution in [0.5, 0.6) is 0 Å². The zero-order valence-electron chi connectivity index (χ0n) is 45.2. The Morgan fingerprint density at radius 3 is 1.08 bits per heavy atom. The molecule has 0 bridgehead atoms. The summed E-state index contributed by atoms with van der Waals surface area (Å²) in [5.74, 6) is -0.857. The van der Waals surface area contributed by atoms with Crippen molar-refractivity contribution in [2.24, 2.45) is 5.73 Å². The highest BCUT2D eigenvalue weighted by Gasteiger charge is 2.26. The molecule has 0 aliphatic heterocycles. The lowest BCUT2D eigenvalue weighted by Crippen LogP contribution is -2.29. The van der Waals surface area contributed by atoms with E-state index in [2.05, 4.69) is 123 Å². The zero-order chi connectivity index (χ0) is 51.7. The van der Waals surface area contributed by atoms with Crippen LogP contribution in [0, 0.1) is 0 Å². The minimum Gasteiger partial charge on any atom is -0.462 e. The molecule has 0 aliphatic carbocycles. The van der Waals surface area contributed by atoms with Gasteiger partial charge in [-0.1, -0.05) is 232 Å². The molecule has 406 valence electrons. The Bertz CT molecular complexity index is 1530. The van der Waals surface area contributed by atoms with Crippen LogP contribution in [-0.4, -0.2) is 49.3 Å². The van der Waals surface area contributed by atoms with Crippen LogP contribution in [0.25, 0.3) is 0 Å². The predicted molar refractivity (Wildman–Crippen MR) is 302 cm³/mol. The van der Waals surface area contributed by atoms with Crippen molar-refractivity contribution in [3.05, 3.63) is 109 Å². The molecule has 0 fully saturated rings. The molecule has 0 aliphatic rings. The van der Waals surface area contributed by atoms with Crippen LogP contribution in [0.1, 0.15) is 232 Å². The van der Waals surface area contributed by atoms with Gasteiger partial charge >= 0.3 is 19.8 Å². The molecule has 0 aromatic heterocycles. The van der Waals surface area contributed by atoms with Crippen molar-refractivity contribution in [3.8, 4) is 0 Å². The second-order valence-electron chi connectivity index (χ2n) is 18.4. The number of esters is 2. The summed E-state index contributed by atoms with van der Waals surface area (Å²) in [6.07, 6.45) is 75.8. The highest BCUT2D eigenvalue weighted by atomic mass is 31.2. The third-order valence-electron chi connectivity index (χ3n) is 11.7. The number of ether oxygens (including phenoxy) is 2. The van der Waals surface area contributed by atoms with E-state index in [1.165, 1.54) is 89.9 Å². The van der Waals surface area contributed by atoms with Crippen LogP contribution in [0.3, 0.4) is 0 Å². The van der Waals surface area contributed by atoms with Gasteiger partial charge < -0.3 is 20.1 Å². The van der Waals surface area contributed by atoms with Crippen LogP contribution < -0.4 is 5.73 Å². The molecule has 2 atom stereocenters. The number of nitrogens with two attached hydrogens (primary N) is 1. The molecule has 0 aromatic carbocycles. The van der Waals surface area contributed by atoms with E-state index in [4.69, 9.17) is 24.3 Å². The average Bonchev–Trinajstić information content (AvgIpc) is 3.36. The Labute approximate surface area is 435 Å². The summed E-state index contributed by atoms with van der Waals surface area (Å²) < 4.78 is 33.0. The molecule has 0 amide bonds. The Kier molecular flexibility index (Phi) is 53.3. The summed E-state index contributed by atoms with van der Waals surface area (Å²) in [7, 11) is -4.40. The summed E-state index contributed by atoms with van der Waals surface area (Å²) in [6, 6.07) is 0. The first-order chi connectivity index (χ1) is 34.8. The predicted octanol–water partition coefficient (Wildman–Crippen LogP) is 17.8. The van der Waals surface area contributed by atoms with Crippen LogP contribution in [0.4, 0.5) is 0 Å². The van der Waals surface area contributed by atoms with Crippen LogP contribution >= 0.6 is 7.82 Å². The van der Waals surface area contributed by atoms with Crippen LogP contribution in [-0.2, 0) is 32.7 Å².